The molecule has 0 bridgehead atoms. The van der Waals surface area contributed by atoms with Crippen molar-refractivity contribution >= 4 is 25.6 Å². The number of methoxy groups -OCH3 is 1. The highest BCUT2D eigenvalue weighted by Crippen LogP contribution is 2.44. The molecule has 2 aromatic carbocycles. The molecule has 1 atom stereocenters. The molecule has 164 valence electrons. The van der Waals surface area contributed by atoms with Crippen molar-refractivity contribution in [2.45, 2.75) is 24.8 Å². The third kappa shape index (κ3) is 4.24. The molecule has 1 heterocycles. The minimum Gasteiger partial charge on any atom is -0.494 e. The third-order valence-electron chi connectivity index (χ3n) is 5.95. The van der Waals surface area contributed by atoms with Crippen molar-refractivity contribution in [2.24, 2.45) is 5.73 Å². The lowest BCUT2D eigenvalue weighted by atomic mass is 9.72. The van der Waals surface area contributed by atoms with E-state index in [2.05, 4.69) is 41.7 Å². The lowest BCUT2D eigenvalue weighted by Crippen LogP contribution is -2.43. The van der Waals surface area contributed by atoms with Gasteiger partial charge in [-0.25, -0.2) is 4.98 Å². The maximum atomic E-state index is 11.8. The molecule has 32 heavy (non-hydrogen) atoms. The van der Waals surface area contributed by atoms with E-state index in [1.807, 2.05) is 18.2 Å². The standard InChI is InChI=1S/C25H27N4O2P/c1-28-23(30)19(26)15-20(31-2)24-29-21(22(32-24)17-7-4-3-5-8-17)16-9-11-18(12-10-16)25(27)13-6-14-25/h3-5,7-12,15,26,32H,6,13-14,27H2,1-2H3,(H,28,30)/b20-15+,26-19?. The van der Waals surface area contributed by atoms with E-state index in [1.165, 1.54) is 26.7 Å². The number of nitrogens with one attached hydrogen (secondary N) is 2. The highest BCUT2D eigenvalue weighted by atomic mass is 31.0. The lowest BCUT2D eigenvalue weighted by Gasteiger charge is -2.38. The van der Waals surface area contributed by atoms with Crippen LogP contribution in [0.4, 0.5) is 0 Å². The molecule has 0 saturated heterocycles. The van der Waals surface area contributed by atoms with Crippen LogP contribution in [0.25, 0.3) is 27.9 Å². The smallest absolute Gasteiger partial charge is 0.269 e. The summed E-state index contributed by atoms with van der Waals surface area (Å²) in [6.45, 7) is 0. The molecule has 7 heteroatoms. The van der Waals surface area contributed by atoms with Crippen LogP contribution in [0.2, 0.25) is 0 Å². The second-order valence-corrected chi connectivity index (χ2v) is 9.19. The Morgan fingerprint density at radius 2 is 1.84 bits per heavy atom. The van der Waals surface area contributed by atoms with Crippen molar-refractivity contribution in [3.8, 4) is 22.1 Å². The summed E-state index contributed by atoms with van der Waals surface area (Å²) in [5.41, 5.74) is 11.0. The lowest BCUT2D eigenvalue weighted by molar-refractivity contribution is -0.114. The van der Waals surface area contributed by atoms with Crippen LogP contribution in [0.15, 0.2) is 60.7 Å². The maximum absolute atomic E-state index is 11.8. The van der Waals surface area contributed by atoms with E-state index in [-0.39, 0.29) is 19.4 Å². The van der Waals surface area contributed by atoms with Gasteiger partial charge in [-0.15, -0.1) is 0 Å². The van der Waals surface area contributed by atoms with Crippen molar-refractivity contribution in [1.29, 1.82) is 5.41 Å². The number of amides is 1. The fraction of sp³-hybridized carbons (Fsp3) is 0.240. The number of hydrogen-bond acceptors (Lipinski definition) is 5. The molecular weight excluding hydrogens is 419 g/mol. The minimum absolute atomic E-state index is 0.176. The molecule has 1 aromatic heterocycles. The molecule has 1 unspecified atom stereocenters. The van der Waals surface area contributed by atoms with E-state index in [0.29, 0.717) is 11.2 Å². The van der Waals surface area contributed by atoms with Crippen LogP contribution in [-0.4, -0.2) is 30.8 Å². The SMILES string of the molecule is CNC(=O)C(=N)/C=C(/OC)c1nc(-c2ccc(C3(N)CCC3)cc2)c(-c2ccccc2)[pH]1. The van der Waals surface area contributed by atoms with Crippen LogP contribution in [0.3, 0.4) is 0 Å². The number of carbonyl (C=O) groups excluding carboxylic acids is 1. The van der Waals surface area contributed by atoms with Gasteiger partial charge in [-0.3, -0.25) is 10.2 Å². The zero-order valence-corrected chi connectivity index (χ0v) is 19.2. The molecule has 0 spiro atoms. The van der Waals surface area contributed by atoms with Gasteiger partial charge in [0.25, 0.3) is 5.91 Å². The van der Waals surface area contributed by atoms with Gasteiger partial charge in [-0.05, 0) is 30.4 Å². The Bertz CT molecular complexity index is 1160. The van der Waals surface area contributed by atoms with Crippen LogP contribution >= 0.6 is 8.19 Å². The Morgan fingerprint density at radius 1 is 1.16 bits per heavy atom. The van der Waals surface area contributed by atoms with E-state index >= 15 is 0 Å². The summed E-state index contributed by atoms with van der Waals surface area (Å²) in [7, 11) is 3.27. The monoisotopic (exact) mass is 446 g/mol. The number of aromatic nitrogens is 1. The van der Waals surface area contributed by atoms with Crippen LogP contribution in [0, 0.1) is 5.41 Å². The number of hydrogen-bond donors (Lipinski definition) is 3. The fourth-order valence-electron chi connectivity index (χ4n) is 3.87. The maximum Gasteiger partial charge on any atom is 0.269 e. The first-order valence-electron chi connectivity index (χ1n) is 10.6. The molecule has 6 nitrogen and oxygen atoms in total. The van der Waals surface area contributed by atoms with Gasteiger partial charge in [-0.1, -0.05) is 62.8 Å². The molecule has 1 amide bonds. The summed E-state index contributed by atoms with van der Waals surface area (Å²) in [6.07, 6.45) is 4.64. The number of nitrogens with two attached hydrogens (primary N) is 1. The van der Waals surface area contributed by atoms with E-state index in [9.17, 15) is 4.79 Å². The molecule has 0 radical (unpaired) electrons. The average Bonchev–Trinajstić information content (AvgIpc) is 3.26. The van der Waals surface area contributed by atoms with Crippen LogP contribution < -0.4 is 11.1 Å². The molecule has 1 saturated carbocycles. The molecule has 4 rings (SSSR count). The van der Waals surface area contributed by atoms with Crippen LogP contribution in [-0.2, 0) is 15.1 Å². The summed E-state index contributed by atoms with van der Waals surface area (Å²) >= 11 is 0. The second kappa shape index (κ2) is 9.11. The van der Waals surface area contributed by atoms with E-state index in [1.54, 1.807) is 0 Å². The first kappa shape index (κ1) is 22.0. The predicted octanol–water partition coefficient (Wildman–Crippen LogP) is 4.54. The topological polar surface area (TPSA) is 101 Å². The summed E-state index contributed by atoms with van der Waals surface area (Å²) in [5, 5.41) is 11.5. The Kier molecular flexibility index (Phi) is 6.26. The fourth-order valence-corrected chi connectivity index (χ4v) is 5.21. The largest absolute Gasteiger partial charge is 0.494 e. The molecule has 4 N–H and O–H groups in total. The Labute approximate surface area is 189 Å². The van der Waals surface area contributed by atoms with Crippen LogP contribution in [0.5, 0.6) is 0 Å². The Morgan fingerprint density at radius 3 is 2.41 bits per heavy atom. The normalized spacial score (nSPS) is 15.3. The van der Waals surface area contributed by atoms with E-state index < -0.39 is 5.91 Å². The molecule has 0 aliphatic heterocycles. The second-order valence-electron chi connectivity index (χ2n) is 7.97. The van der Waals surface area contributed by atoms with Crippen molar-refractivity contribution in [3.05, 3.63) is 71.7 Å². The third-order valence-corrected chi connectivity index (χ3v) is 7.32. The molecule has 1 aliphatic rings. The predicted molar refractivity (Wildman–Crippen MR) is 131 cm³/mol. The van der Waals surface area contributed by atoms with Gasteiger partial charge in [0.2, 0.25) is 0 Å². The number of rotatable bonds is 7. The number of benzene rings is 2. The Balaban J connectivity index is 1.77. The number of nitrogens with zero attached hydrogens (tertiary/aromatic N) is 1. The summed E-state index contributed by atoms with van der Waals surface area (Å²) < 4.78 is 5.53. The summed E-state index contributed by atoms with van der Waals surface area (Å²) in [5.74, 6) is -0.0485. The van der Waals surface area contributed by atoms with Gasteiger partial charge in [0.15, 0.2) is 5.76 Å². The van der Waals surface area contributed by atoms with Crippen molar-refractivity contribution in [2.75, 3.05) is 14.2 Å². The van der Waals surface area contributed by atoms with Gasteiger partial charge in [0.05, 0.1) is 12.8 Å². The van der Waals surface area contributed by atoms with Gasteiger partial charge < -0.3 is 15.8 Å². The highest BCUT2D eigenvalue weighted by molar-refractivity contribution is 7.36. The minimum atomic E-state index is -0.472. The highest BCUT2D eigenvalue weighted by Gasteiger charge is 2.34. The molecule has 3 aromatic rings. The zero-order valence-electron chi connectivity index (χ0n) is 18.2. The van der Waals surface area contributed by atoms with Crippen LogP contribution in [0.1, 0.15) is 30.3 Å². The van der Waals surface area contributed by atoms with Gasteiger partial charge in [0.1, 0.15) is 11.1 Å². The van der Waals surface area contributed by atoms with Crippen molar-refractivity contribution in [1.82, 2.24) is 10.3 Å². The van der Waals surface area contributed by atoms with Gasteiger partial charge in [-0.2, -0.15) is 0 Å². The van der Waals surface area contributed by atoms with Gasteiger partial charge >= 0.3 is 0 Å². The molecular formula is C25H27N4O2P. The first-order valence-corrected chi connectivity index (χ1v) is 11.6. The van der Waals surface area contributed by atoms with Crippen molar-refractivity contribution < 1.29 is 9.53 Å². The zero-order chi connectivity index (χ0) is 22.7. The Hall–Kier alpha value is -3.21. The van der Waals surface area contributed by atoms with Crippen molar-refractivity contribution in [3.63, 3.8) is 0 Å². The van der Waals surface area contributed by atoms with Gasteiger partial charge in [0, 0.05) is 29.5 Å². The number of carbonyl (C=O) groups is 1. The molecule has 1 aliphatic carbocycles. The molecule has 1 fully saturated rings. The summed E-state index contributed by atoms with van der Waals surface area (Å²) in [6, 6.07) is 18.5. The van der Waals surface area contributed by atoms with E-state index in [0.717, 1.165) is 40.5 Å². The number of ether oxygens (including phenoxy) is 1. The van der Waals surface area contributed by atoms with E-state index in [4.69, 9.17) is 20.9 Å². The quantitative estimate of drug-likeness (QED) is 0.366. The average molecular weight is 446 g/mol. The summed E-state index contributed by atoms with van der Waals surface area (Å²) in [4.78, 5) is 16.7. The first-order chi connectivity index (χ1) is 15.4.